The molecule has 14 aromatic carbocycles. The molecule has 4 nitrogen and oxygen atoms in total. The fourth-order valence-corrected chi connectivity index (χ4v) is 16.8. The van der Waals surface area contributed by atoms with Gasteiger partial charge < -0.3 is 19.1 Å². The summed E-state index contributed by atoms with van der Waals surface area (Å²) in [4.78, 5) is 4.85. The third kappa shape index (κ3) is 11.4. The standard InChI is InChI=1S/C98H83N3O/c1-8-67(59-65(2)68-29-27-66(28-30-68)64-102-7)71-31-51-82(52-32-71)101-95-57-41-76(74-37-47-80(48-38-74)99(78-43-33-72(34-44-78)69-19-11-9-12-20-69)83-53-55-87-85-23-15-17-25-91(85)97(3,4)93(87)62-83)60-89(95)90-61-77(42-58-96(90)101)75-39-49-81(50-40-75)100(79-45-35-73(36-46-79)70-21-13-10-14-22-70)84-54-56-88-86-24-16-18-26-92(86)98(5,6)94(88)63-84/h9-58,60-63,65,67H,8,59,64H2,1-7H3. The van der Waals surface area contributed by atoms with E-state index in [4.69, 9.17) is 4.74 Å². The van der Waals surface area contributed by atoms with Crippen molar-refractivity contribution < 1.29 is 4.74 Å². The average Bonchev–Trinajstić information content (AvgIpc) is 1.59. The topological polar surface area (TPSA) is 20.6 Å². The Labute approximate surface area is 601 Å². The summed E-state index contributed by atoms with van der Waals surface area (Å²) in [5.74, 6) is 0.838. The highest BCUT2D eigenvalue weighted by Gasteiger charge is 2.37. The Balaban J connectivity index is 0.748. The molecule has 0 fully saturated rings. The highest BCUT2D eigenvalue weighted by Crippen LogP contribution is 2.53. The van der Waals surface area contributed by atoms with E-state index in [-0.39, 0.29) is 10.8 Å². The van der Waals surface area contributed by atoms with E-state index in [1.807, 2.05) is 0 Å². The van der Waals surface area contributed by atoms with Crippen LogP contribution in [0.1, 0.15) is 105 Å². The van der Waals surface area contributed by atoms with Crippen molar-refractivity contribution in [2.45, 2.75) is 83.7 Å². The van der Waals surface area contributed by atoms with Gasteiger partial charge in [-0.1, -0.05) is 260 Å². The van der Waals surface area contributed by atoms with Crippen LogP contribution in [-0.4, -0.2) is 11.7 Å². The first-order valence-electron chi connectivity index (χ1n) is 36.3. The van der Waals surface area contributed by atoms with Crippen LogP contribution >= 0.6 is 0 Å². The second-order valence-electron chi connectivity index (χ2n) is 29.2. The minimum absolute atomic E-state index is 0.143. The molecule has 0 N–H and O–H groups in total. The summed E-state index contributed by atoms with van der Waals surface area (Å²) in [5.41, 5.74) is 34.0. The van der Waals surface area contributed by atoms with E-state index >= 15 is 0 Å². The van der Waals surface area contributed by atoms with Gasteiger partial charge >= 0.3 is 0 Å². The fraction of sp³-hybridized carbons (Fsp3) is 0.143. The van der Waals surface area contributed by atoms with Crippen LogP contribution in [0.3, 0.4) is 0 Å². The summed E-state index contributed by atoms with van der Waals surface area (Å²) < 4.78 is 7.90. The monoisotopic (exact) mass is 1320 g/mol. The molecule has 17 rings (SSSR count). The summed E-state index contributed by atoms with van der Waals surface area (Å²) in [6.07, 6.45) is 2.14. The minimum Gasteiger partial charge on any atom is -0.380 e. The lowest BCUT2D eigenvalue weighted by Crippen LogP contribution is -2.16. The van der Waals surface area contributed by atoms with E-state index in [1.54, 1.807) is 7.11 Å². The molecule has 0 spiro atoms. The van der Waals surface area contributed by atoms with Crippen molar-refractivity contribution in [1.82, 2.24) is 4.57 Å². The molecular formula is C98H83N3O. The van der Waals surface area contributed by atoms with Gasteiger partial charge in [0.1, 0.15) is 0 Å². The third-order valence-corrected chi connectivity index (χ3v) is 22.4. The SMILES string of the molecule is CCC(CC(C)c1ccc(COC)cc1)c1ccc(-n2c3ccc(-c4ccc(N(c5ccc(-c6ccccc6)cc5)c5ccc6c(c5)C(C)(C)c5ccccc5-6)cc4)cc3c3cc(-c4ccc(N(c5ccc(-c6ccccc6)cc5)c5ccc6c(c5)C(C)(C)c5ccccc5-6)cc4)ccc32)cc1. The van der Waals surface area contributed by atoms with Gasteiger partial charge in [0.2, 0.25) is 0 Å². The largest absolute Gasteiger partial charge is 0.380 e. The van der Waals surface area contributed by atoms with Gasteiger partial charge in [0, 0.05) is 68.5 Å². The molecule has 0 bridgehead atoms. The number of hydrogen-bond donors (Lipinski definition) is 0. The number of aromatic nitrogens is 1. The van der Waals surface area contributed by atoms with Gasteiger partial charge in [-0.05, 0) is 240 Å². The Morgan fingerprint density at radius 1 is 0.333 bits per heavy atom. The maximum atomic E-state index is 5.42. The molecular weight excluding hydrogens is 1240 g/mol. The van der Waals surface area contributed by atoms with Gasteiger partial charge in [0.15, 0.2) is 0 Å². The van der Waals surface area contributed by atoms with Crippen molar-refractivity contribution >= 4 is 55.9 Å². The van der Waals surface area contributed by atoms with Crippen LogP contribution < -0.4 is 9.80 Å². The third-order valence-electron chi connectivity index (χ3n) is 22.4. The van der Waals surface area contributed by atoms with Crippen LogP contribution in [0.25, 0.3) is 94.3 Å². The van der Waals surface area contributed by atoms with Crippen LogP contribution in [0.5, 0.6) is 0 Å². The zero-order valence-corrected chi connectivity index (χ0v) is 59.2. The number of nitrogens with zero attached hydrogens (tertiary/aromatic N) is 3. The number of fused-ring (bicyclic) bond motifs is 9. The molecule has 2 aliphatic rings. The van der Waals surface area contributed by atoms with E-state index in [1.165, 1.54) is 105 Å². The molecule has 4 heteroatoms. The summed E-state index contributed by atoms with van der Waals surface area (Å²) in [6, 6.07) is 122. The molecule has 1 aromatic heterocycles. The molecule has 2 atom stereocenters. The van der Waals surface area contributed by atoms with Crippen LogP contribution in [-0.2, 0) is 22.2 Å². The normalized spacial score (nSPS) is 13.7. The van der Waals surface area contributed by atoms with Crippen molar-refractivity contribution in [3.8, 4) is 72.4 Å². The fourth-order valence-electron chi connectivity index (χ4n) is 16.8. The first-order valence-corrected chi connectivity index (χ1v) is 36.3. The molecule has 15 aromatic rings. The number of anilines is 6. The van der Waals surface area contributed by atoms with E-state index in [0.29, 0.717) is 18.4 Å². The van der Waals surface area contributed by atoms with Gasteiger partial charge in [0.25, 0.3) is 0 Å². The highest BCUT2D eigenvalue weighted by molar-refractivity contribution is 6.12. The summed E-state index contributed by atoms with van der Waals surface area (Å²) in [7, 11) is 1.76. The van der Waals surface area contributed by atoms with Gasteiger partial charge in [-0.2, -0.15) is 0 Å². The van der Waals surface area contributed by atoms with E-state index in [2.05, 4.69) is 383 Å². The molecule has 0 aliphatic heterocycles. The van der Waals surface area contributed by atoms with Crippen molar-refractivity contribution in [1.29, 1.82) is 0 Å². The van der Waals surface area contributed by atoms with E-state index in [0.717, 1.165) is 74.9 Å². The zero-order chi connectivity index (χ0) is 69.2. The predicted molar refractivity (Wildman–Crippen MR) is 430 cm³/mol. The van der Waals surface area contributed by atoms with Gasteiger partial charge in [-0.3, -0.25) is 0 Å². The second-order valence-corrected chi connectivity index (χ2v) is 29.2. The zero-order valence-electron chi connectivity index (χ0n) is 59.2. The predicted octanol–water partition coefficient (Wildman–Crippen LogP) is 26.8. The number of hydrogen-bond acceptors (Lipinski definition) is 3. The Morgan fingerprint density at radius 3 is 1.10 bits per heavy atom. The maximum absolute atomic E-state index is 5.42. The average molecular weight is 1320 g/mol. The maximum Gasteiger partial charge on any atom is 0.0713 e. The molecule has 0 saturated carbocycles. The highest BCUT2D eigenvalue weighted by atomic mass is 16.5. The molecule has 102 heavy (non-hydrogen) atoms. The van der Waals surface area contributed by atoms with E-state index in [9.17, 15) is 0 Å². The lowest BCUT2D eigenvalue weighted by atomic mass is 9.82. The van der Waals surface area contributed by atoms with Crippen molar-refractivity contribution in [2.75, 3.05) is 16.9 Å². The first kappa shape index (κ1) is 63.9. The Kier molecular flexibility index (Phi) is 16.4. The second kappa shape index (κ2) is 26.2. The van der Waals surface area contributed by atoms with Crippen molar-refractivity contribution in [2.24, 2.45) is 0 Å². The van der Waals surface area contributed by atoms with Gasteiger partial charge in [-0.15, -0.1) is 0 Å². The Morgan fingerprint density at radius 2 is 0.686 bits per heavy atom. The first-order chi connectivity index (χ1) is 49.9. The van der Waals surface area contributed by atoms with Gasteiger partial charge in [-0.25, -0.2) is 0 Å². The number of methoxy groups -OCH3 is 1. The number of ether oxygens (including phenoxy) is 1. The molecule has 2 unspecified atom stereocenters. The van der Waals surface area contributed by atoms with Crippen molar-refractivity contribution in [3.63, 3.8) is 0 Å². The van der Waals surface area contributed by atoms with Gasteiger partial charge in [0.05, 0.1) is 17.6 Å². The molecule has 1 heterocycles. The molecule has 0 amide bonds. The number of rotatable bonds is 18. The smallest absolute Gasteiger partial charge is 0.0713 e. The van der Waals surface area contributed by atoms with Crippen molar-refractivity contribution in [3.05, 3.63) is 367 Å². The van der Waals surface area contributed by atoms with Crippen LogP contribution in [0.2, 0.25) is 0 Å². The summed E-state index contributed by atoms with van der Waals surface area (Å²) >= 11 is 0. The lowest BCUT2D eigenvalue weighted by molar-refractivity contribution is 0.185. The summed E-state index contributed by atoms with van der Waals surface area (Å²) in [5, 5.41) is 2.42. The molecule has 0 saturated heterocycles. The molecule has 2 aliphatic carbocycles. The molecule has 0 radical (unpaired) electrons. The molecule has 496 valence electrons. The summed E-state index contributed by atoms with van der Waals surface area (Å²) in [6.45, 7) is 14.8. The minimum atomic E-state index is -0.143. The Bertz CT molecular complexity index is 5280. The van der Waals surface area contributed by atoms with Crippen LogP contribution in [0.4, 0.5) is 34.1 Å². The Hall–Kier alpha value is -11.6. The quantitative estimate of drug-likeness (QED) is 0.0854. The van der Waals surface area contributed by atoms with E-state index < -0.39 is 0 Å². The lowest BCUT2D eigenvalue weighted by Gasteiger charge is -2.28. The number of benzene rings is 14. The van der Waals surface area contributed by atoms with Crippen LogP contribution in [0.15, 0.2) is 328 Å². The van der Waals surface area contributed by atoms with Crippen LogP contribution in [0, 0.1) is 0 Å².